The molecule has 0 aromatic heterocycles. The van der Waals surface area contributed by atoms with Gasteiger partial charge in [0, 0.05) is 6.42 Å². The SMILES string of the molecule is COC(=O)CCCC=CCC1C(=O)CC(=O)C1=O. The van der Waals surface area contributed by atoms with Crippen molar-refractivity contribution in [1.29, 1.82) is 0 Å². The monoisotopic (exact) mass is 252 g/mol. The Bertz CT molecular complexity index is 394. The van der Waals surface area contributed by atoms with Crippen molar-refractivity contribution in [3.05, 3.63) is 12.2 Å². The summed E-state index contributed by atoms with van der Waals surface area (Å²) in [6, 6.07) is 0. The van der Waals surface area contributed by atoms with Crippen molar-refractivity contribution >= 4 is 23.3 Å². The number of hydrogen-bond acceptors (Lipinski definition) is 5. The second-order valence-corrected chi connectivity index (χ2v) is 4.16. The van der Waals surface area contributed by atoms with Crippen LogP contribution in [0.25, 0.3) is 0 Å². The van der Waals surface area contributed by atoms with Crippen molar-refractivity contribution in [2.45, 2.75) is 32.1 Å². The van der Waals surface area contributed by atoms with Gasteiger partial charge in [-0.2, -0.15) is 0 Å². The van der Waals surface area contributed by atoms with Crippen LogP contribution >= 0.6 is 0 Å². The summed E-state index contributed by atoms with van der Waals surface area (Å²) < 4.78 is 4.49. The minimum absolute atomic E-state index is 0.250. The van der Waals surface area contributed by atoms with Crippen molar-refractivity contribution in [3.8, 4) is 0 Å². The maximum atomic E-state index is 11.3. The van der Waals surface area contributed by atoms with E-state index in [1.54, 1.807) is 6.08 Å². The summed E-state index contributed by atoms with van der Waals surface area (Å²) in [6.07, 6.45) is 5.25. The zero-order valence-corrected chi connectivity index (χ0v) is 10.3. The molecule has 0 heterocycles. The summed E-state index contributed by atoms with van der Waals surface area (Å²) in [7, 11) is 1.34. The number of carbonyl (C=O) groups is 4. The molecule has 5 heteroatoms. The van der Waals surface area contributed by atoms with Gasteiger partial charge in [0.25, 0.3) is 0 Å². The first-order valence-electron chi connectivity index (χ1n) is 5.87. The summed E-state index contributed by atoms with van der Waals surface area (Å²) in [4.78, 5) is 44.4. The van der Waals surface area contributed by atoms with E-state index in [0.29, 0.717) is 19.3 Å². The van der Waals surface area contributed by atoms with Crippen LogP contribution in [0.3, 0.4) is 0 Å². The molecule has 5 nitrogen and oxygen atoms in total. The van der Waals surface area contributed by atoms with E-state index in [9.17, 15) is 19.2 Å². The van der Waals surface area contributed by atoms with Crippen LogP contribution in [0.1, 0.15) is 32.1 Å². The third-order valence-electron chi connectivity index (χ3n) is 2.83. The first kappa shape index (κ1) is 14.3. The quantitative estimate of drug-likeness (QED) is 0.232. The maximum absolute atomic E-state index is 11.3. The van der Waals surface area contributed by atoms with Gasteiger partial charge in [-0.25, -0.2) is 0 Å². The summed E-state index contributed by atoms with van der Waals surface area (Å²) in [5.74, 6) is -2.47. The molecule has 1 fully saturated rings. The standard InChI is InChI=1S/C13H16O5/c1-18-12(16)7-5-3-2-4-6-9-10(14)8-11(15)13(9)17/h2,4,9H,3,5-8H2,1H3. The molecule has 0 aromatic rings. The van der Waals surface area contributed by atoms with Crippen molar-refractivity contribution in [1.82, 2.24) is 0 Å². The van der Waals surface area contributed by atoms with Crippen molar-refractivity contribution in [2.24, 2.45) is 5.92 Å². The number of unbranched alkanes of at least 4 members (excludes halogenated alkanes) is 1. The number of rotatable bonds is 6. The van der Waals surface area contributed by atoms with Gasteiger partial charge in [-0.1, -0.05) is 12.2 Å². The van der Waals surface area contributed by atoms with Crippen LogP contribution in [0.15, 0.2) is 12.2 Å². The van der Waals surface area contributed by atoms with E-state index in [1.807, 2.05) is 6.08 Å². The number of Topliss-reactive ketones (excluding diaryl/α,β-unsaturated/α-hetero) is 3. The Kier molecular flexibility index (Phi) is 5.42. The number of ketones is 3. The van der Waals surface area contributed by atoms with Crippen LogP contribution in [0.2, 0.25) is 0 Å². The van der Waals surface area contributed by atoms with Gasteiger partial charge in [0.15, 0.2) is 5.78 Å². The fourth-order valence-corrected chi connectivity index (χ4v) is 1.76. The number of allylic oxidation sites excluding steroid dienone is 2. The zero-order valence-electron chi connectivity index (χ0n) is 10.3. The minimum Gasteiger partial charge on any atom is -0.469 e. The molecular formula is C13H16O5. The molecule has 0 bridgehead atoms. The predicted molar refractivity (Wildman–Crippen MR) is 62.8 cm³/mol. The van der Waals surface area contributed by atoms with Crippen LogP contribution in [0.5, 0.6) is 0 Å². The molecule has 0 amide bonds. The number of methoxy groups -OCH3 is 1. The minimum atomic E-state index is -0.783. The molecule has 1 aliphatic carbocycles. The Morgan fingerprint density at radius 2 is 2.06 bits per heavy atom. The van der Waals surface area contributed by atoms with Crippen molar-refractivity contribution < 1.29 is 23.9 Å². The fraction of sp³-hybridized carbons (Fsp3) is 0.538. The van der Waals surface area contributed by atoms with Gasteiger partial charge in [-0.05, 0) is 19.3 Å². The van der Waals surface area contributed by atoms with Gasteiger partial charge in [0.1, 0.15) is 0 Å². The topological polar surface area (TPSA) is 77.5 Å². The molecule has 0 saturated heterocycles. The van der Waals surface area contributed by atoms with Crippen LogP contribution in [0, 0.1) is 5.92 Å². The Hall–Kier alpha value is -1.78. The number of hydrogen-bond donors (Lipinski definition) is 0. The van der Waals surface area contributed by atoms with Gasteiger partial charge in [0.2, 0.25) is 11.6 Å². The molecule has 0 radical (unpaired) electrons. The number of esters is 1. The van der Waals surface area contributed by atoms with Crippen LogP contribution in [0.4, 0.5) is 0 Å². The molecule has 0 spiro atoms. The molecular weight excluding hydrogens is 236 g/mol. The molecule has 0 N–H and O–H groups in total. The van der Waals surface area contributed by atoms with E-state index in [1.165, 1.54) is 7.11 Å². The molecule has 1 saturated carbocycles. The fourth-order valence-electron chi connectivity index (χ4n) is 1.76. The highest BCUT2D eigenvalue weighted by Gasteiger charge is 2.38. The van der Waals surface area contributed by atoms with E-state index in [4.69, 9.17) is 0 Å². The second kappa shape index (κ2) is 6.83. The largest absolute Gasteiger partial charge is 0.469 e. The molecule has 98 valence electrons. The first-order valence-corrected chi connectivity index (χ1v) is 5.87. The molecule has 0 aromatic carbocycles. The molecule has 1 aliphatic rings. The van der Waals surface area contributed by atoms with Gasteiger partial charge in [-0.15, -0.1) is 0 Å². The lowest BCUT2D eigenvalue weighted by Gasteiger charge is -2.00. The van der Waals surface area contributed by atoms with Gasteiger partial charge in [0.05, 0.1) is 19.4 Å². The van der Waals surface area contributed by atoms with E-state index < -0.39 is 17.5 Å². The first-order chi connectivity index (χ1) is 8.56. The highest BCUT2D eigenvalue weighted by Crippen LogP contribution is 2.18. The number of carbonyl (C=O) groups excluding carboxylic acids is 4. The summed E-state index contributed by atoms with van der Waals surface area (Å²) in [5.41, 5.74) is 0. The average molecular weight is 252 g/mol. The Labute approximate surface area is 105 Å². The zero-order chi connectivity index (χ0) is 13.5. The Morgan fingerprint density at radius 3 is 2.61 bits per heavy atom. The lowest BCUT2D eigenvalue weighted by Crippen LogP contribution is -2.15. The third-order valence-corrected chi connectivity index (χ3v) is 2.83. The maximum Gasteiger partial charge on any atom is 0.305 e. The van der Waals surface area contributed by atoms with E-state index in [2.05, 4.69) is 4.74 Å². The smallest absolute Gasteiger partial charge is 0.305 e. The number of ether oxygens (including phenoxy) is 1. The van der Waals surface area contributed by atoms with Crippen molar-refractivity contribution in [3.63, 3.8) is 0 Å². The van der Waals surface area contributed by atoms with Gasteiger partial charge in [-0.3, -0.25) is 19.2 Å². The lowest BCUT2D eigenvalue weighted by atomic mass is 10.0. The Balaban J connectivity index is 2.24. The highest BCUT2D eigenvalue weighted by atomic mass is 16.5. The average Bonchev–Trinajstić information content (AvgIpc) is 2.59. The van der Waals surface area contributed by atoms with Crippen LogP contribution in [-0.4, -0.2) is 30.4 Å². The molecule has 18 heavy (non-hydrogen) atoms. The second-order valence-electron chi connectivity index (χ2n) is 4.16. The van der Waals surface area contributed by atoms with Gasteiger partial charge < -0.3 is 4.74 Å². The van der Waals surface area contributed by atoms with Crippen molar-refractivity contribution in [2.75, 3.05) is 7.11 Å². The predicted octanol–water partition coefficient (Wildman–Crippen LogP) is 1.00. The summed E-state index contributed by atoms with van der Waals surface area (Å²) >= 11 is 0. The van der Waals surface area contributed by atoms with Crippen LogP contribution in [-0.2, 0) is 23.9 Å². The summed E-state index contributed by atoms with van der Waals surface area (Å²) in [6.45, 7) is 0. The Morgan fingerprint density at radius 1 is 1.33 bits per heavy atom. The van der Waals surface area contributed by atoms with Crippen LogP contribution < -0.4 is 0 Å². The highest BCUT2D eigenvalue weighted by molar-refractivity contribution is 6.49. The normalized spacial score (nSPS) is 19.8. The molecule has 1 rings (SSSR count). The van der Waals surface area contributed by atoms with Gasteiger partial charge >= 0.3 is 5.97 Å². The van der Waals surface area contributed by atoms with E-state index >= 15 is 0 Å². The van der Waals surface area contributed by atoms with E-state index in [0.717, 1.165) is 0 Å². The lowest BCUT2D eigenvalue weighted by molar-refractivity contribution is -0.140. The molecule has 1 atom stereocenters. The molecule has 0 aliphatic heterocycles. The van der Waals surface area contributed by atoms with E-state index in [-0.39, 0.29) is 24.6 Å². The molecule has 1 unspecified atom stereocenters. The summed E-state index contributed by atoms with van der Waals surface area (Å²) in [5, 5.41) is 0. The third kappa shape index (κ3) is 3.91.